The molecule has 1 fully saturated rings. The number of halogens is 1. The number of thiophene rings is 1. The molecule has 1 N–H and O–H groups in total. The second-order valence-electron chi connectivity index (χ2n) is 2.71. The van der Waals surface area contributed by atoms with Gasteiger partial charge in [0.2, 0.25) is 0 Å². The monoisotopic (exact) mass is 219 g/mol. The van der Waals surface area contributed by atoms with Gasteiger partial charge in [0.25, 0.3) is 0 Å². The molecule has 0 aliphatic carbocycles. The summed E-state index contributed by atoms with van der Waals surface area (Å²) in [4.78, 5) is 1.40. The third-order valence-corrected chi connectivity index (χ3v) is 4.60. The fraction of sp³-hybridized carbons (Fsp3) is 0.500. The Morgan fingerprint density at radius 2 is 2.42 bits per heavy atom. The molecule has 66 valence electrons. The van der Waals surface area contributed by atoms with E-state index in [1.165, 1.54) is 10.6 Å². The summed E-state index contributed by atoms with van der Waals surface area (Å²) in [6.45, 7) is 2.22. The molecule has 12 heavy (non-hydrogen) atoms. The van der Waals surface area contributed by atoms with E-state index in [2.05, 4.69) is 11.4 Å². The van der Waals surface area contributed by atoms with Gasteiger partial charge >= 0.3 is 0 Å². The van der Waals surface area contributed by atoms with Gasteiger partial charge in [-0.05, 0) is 12.1 Å². The average molecular weight is 220 g/mol. The molecule has 0 aromatic carbocycles. The lowest BCUT2D eigenvalue weighted by Gasteiger charge is -2.20. The minimum Gasteiger partial charge on any atom is -0.314 e. The van der Waals surface area contributed by atoms with Crippen molar-refractivity contribution in [1.29, 1.82) is 0 Å². The summed E-state index contributed by atoms with van der Waals surface area (Å²) >= 11 is 9.59. The van der Waals surface area contributed by atoms with Crippen molar-refractivity contribution in [3.05, 3.63) is 21.3 Å². The molecule has 0 amide bonds. The molecule has 1 saturated heterocycles. The van der Waals surface area contributed by atoms with Crippen molar-refractivity contribution >= 4 is 34.7 Å². The Morgan fingerprint density at radius 3 is 3.00 bits per heavy atom. The second kappa shape index (κ2) is 4.01. The Bertz CT molecular complexity index is 255. The highest BCUT2D eigenvalue weighted by Gasteiger charge is 2.16. The predicted molar refractivity (Wildman–Crippen MR) is 57.4 cm³/mol. The summed E-state index contributed by atoms with van der Waals surface area (Å²) in [7, 11) is 0. The summed E-state index contributed by atoms with van der Waals surface area (Å²) in [5.41, 5.74) is 0. The van der Waals surface area contributed by atoms with Crippen LogP contribution in [0.25, 0.3) is 0 Å². The largest absolute Gasteiger partial charge is 0.314 e. The van der Waals surface area contributed by atoms with Crippen LogP contribution in [0, 0.1) is 0 Å². The molecule has 0 radical (unpaired) electrons. The molecule has 2 rings (SSSR count). The molecule has 0 spiro atoms. The molecule has 1 unspecified atom stereocenters. The van der Waals surface area contributed by atoms with Crippen LogP contribution in [0.1, 0.15) is 10.1 Å². The topological polar surface area (TPSA) is 12.0 Å². The maximum absolute atomic E-state index is 5.87. The Morgan fingerprint density at radius 1 is 1.50 bits per heavy atom. The van der Waals surface area contributed by atoms with Gasteiger partial charge in [-0.2, -0.15) is 11.8 Å². The van der Waals surface area contributed by atoms with E-state index in [9.17, 15) is 0 Å². The van der Waals surface area contributed by atoms with Crippen LogP contribution in [0.2, 0.25) is 4.34 Å². The van der Waals surface area contributed by atoms with Crippen LogP contribution in [0.4, 0.5) is 0 Å². The van der Waals surface area contributed by atoms with Crippen LogP contribution in [0.3, 0.4) is 0 Å². The smallest absolute Gasteiger partial charge is 0.0931 e. The van der Waals surface area contributed by atoms with Gasteiger partial charge in [0.05, 0.1) is 9.59 Å². The first-order valence-corrected chi connectivity index (χ1v) is 6.18. The first-order chi connectivity index (χ1) is 5.86. The van der Waals surface area contributed by atoms with Gasteiger partial charge in [-0.15, -0.1) is 11.3 Å². The van der Waals surface area contributed by atoms with Crippen LogP contribution < -0.4 is 5.32 Å². The maximum Gasteiger partial charge on any atom is 0.0931 e. The van der Waals surface area contributed by atoms with E-state index >= 15 is 0 Å². The van der Waals surface area contributed by atoms with Gasteiger partial charge in [-0.25, -0.2) is 0 Å². The maximum atomic E-state index is 5.87. The Hall–Kier alpha value is 0.300. The quantitative estimate of drug-likeness (QED) is 0.780. The van der Waals surface area contributed by atoms with E-state index in [4.69, 9.17) is 11.6 Å². The zero-order chi connectivity index (χ0) is 8.39. The molecule has 1 atom stereocenters. The zero-order valence-electron chi connectivity index (χ0n) is 6.55. The molecule has 1 nitrogen and oxygen atoms in total. The van der Waals surface area contributed by atoms with Crippen LogP contribution in [-0.4, -0.2) is 18.8 Å². The van der Waals surface area contributed by atoms with Crippen molar-refractivity contribution in [3.63, 3.8) is 0 Å². The van der Waals surface area contributed by atoms with Gasteiger partial charge in [0, 0.05) is 23.7 Å². The van der Waals surface area contributed by atoms with E-state index in [0.717, 1.165) is 17.4 Å². The summed E-state index contributed by atoms with van der Waals surface area (Å²) < 4.78 is 0.899. The van der Waals surface area contributed by atoms with Gasteiger partial charge in [-0.1, -0.05) is 11.6 Å². The molecule has 1 aromatic rings. The molecule has 1 aromatic heterocycles. The molecule has 0 bridgehead atoms. The summed E-state index contributed by atoms with van der Waals surface area (Å²) in [5.74, 6) is 1.21. The number of hydrogen-bond donors (Lipinski definition) is 1. The van der Waals surface area contributed by atoms with Gasteiger partial charge < -0.3 is 5.32 Å². The molecular weight excluding hydrogens is 210 g/mol. The molecule has 0 saturated carbocycles. The summed E-state index contributed by atoms with van der Waals surface area (Å²) in [6.07, 6.45) is 0. The Labute approximate surface area is 85.5 Å². The van der Waals surface area contributed by atoms with E-state index < -0.39 is 0 Å². The van der Waals surface area contributed by atoms with Crippen LogP contribution >= 0.6 is 34.7 Å². The lowest BCUT2D eigenvalue weighted by molar-refractivity contribution is 0.694. The van der Waals surface area contributed by atoms with Crippen molar-refractivity contribution in [2.24, 2.45) is 0 Å². The number of hydrogen-bond acceptors (Lipinski definition) is 3. The zero-order valence-corrected chi connectivity index (χ0v) is 8.94. The van der Waals surface area contributed by atoms with E-state index in [1.807, 2.05) is 17.8 Å². The lowest BCUT2D eigenvalue weighted by Crippen LogP contribution is -2.27. The van der Waals surface area contributed by atoms with E-state index in [0.29, 0.717) is 5.25 Å². The number of nitrogens with one attached hydrogen (secondary N) is 1. The lowest BCUT2D eigenvalue weighted by atomic mass is 10.3. The average Bonchev–Trinajstić information content (AvgIpc) is 2.54. The summed E-state index contributed by atoms with van der Waals surface area (Å²) in [6, 6.07) is 4.12. The van der Waals surface area contributed by atoms with Crippen LogP contribution in [0.15, 0.2) is 12.1 Å². The van der Waals surface area contributed by atoms with Crippen molar-refractivity contribution < 1.29 is 0 Å². The first-order valence-electron chi connectivity index (χ1n) is 3.94. The fourth-order valence-corrected chi connectivity index (χ4v) is 3.67. The Kier molecular flexibility index (Phi) is 2.96. The van der Waals surface area contributed by atoms with Crippen molar-refractivity contribution in [2.75, 3.05) is 18.8 Å². The third kappa shape index (κ3) is 1.96. The molecule has 1 aliphatic heterocycles. The SMILES string of the molecule is Clc1ccc(C2CNCCS2)s1. The normalized spacial score (nSPS) is 24.2. The van der Waals surface area contributed by atoms with E-state index in [1.54, 1.807) is 11.3 Å². The summed E-state index contributed by atoms with van der Waals surface area (Å²) in [5, 5.41) is 4.01. The van der Waals surface area contributed by atoms with Crippen molar-refractivity contribution in [3.8, 4) is 0 Å². The highest BCUT2D eigenvalue weighted by atomic mass is 35.5. The highest BCUT2D eigenvalue weighted by Crippen LogP contribution is 2.35. The minimum atomic E-state index is 0.622. The van der Waals surface area contributed by atoms with Gasteiger partial charge in [0.15, 0.2) is 0 Å². The minimum absolute atomic E-state index is 0.622. The fourth-order valence-electron chi connectivity index (χ4n) is 1.25. The standard InChI is InChI=1S/C8H10ClNS2/c9-8-2-1-6(12-8)7-5-10-3-4-11-7/h1-2,7,10H,3-5H2. The Balaban J connectivity index is 2.08. The van der Waals surface area contributed by atoms with Gasteiger partial charge in [0.1, 0.15) is 0 Å². The molecule has 2 heterocycles. The van der Waals surface area contributed by atoms with Crippen molar-refractivity contribution in [2.45, 2.75) is 5.25 Å². The van der Waals surface area contributed by atoms with E-state index in [-0.39, 0.29) is 0 Å². The molecular formula is C8H10ClNS2. The predicted octanol–water partition coefficient (Wildman–Crippen LogP) is 2.78. The first kappa shape index (κ1) is 8.88. The van der Waals surface area contributed by atoms with Crippen molar-refractivity contribution in [1.82, 2.24) is 5.32 Å². The van der Waals surface area contributed by atoms with Crippen LogP contribution in [0.5, 0.6) is 0 Å². The third-order valence-electron chi connectivity index (χ3n) is 1.84. The number of thioether (sulfide) groups is 1. The van der Waals surface area contributed by atoms with Crippen LogP contribution in [-0.2, 0) is 0 Å². The highest BCUT2D eigenvalue weighted by molar-refractivity contribution is 7.99. The molecule has 1 aliphatic rings. The van der Waals surface area contributed by atoms with Gasteiger partial charge in [-0.3, -0.25) is 0 Å². The second-order valence-corrected chi connectivity index (χ2v) is 5.76. The number of rotatable bonds is 1. The molecule has 4 heteroatoms.